The van der Waals surface area contributed by atoms with E-state index in [1.54, 1.807) is 0 Å². The van der Waals surface area contributed by atoms with Crippen LogP contribution in [0, 0.1) is 0 Å². The fraction of sp³-hybridized carbons (Fsp3) is 0.333. The lowest BCUT2D eigenvalue weighted by molar-refractivity contribution is -0.276. The number of halogens is 7. The molecule has 0 spiro atoms. The van der Waals surface area contributed by atoms with Crippen molar-refractivity contribution in [3.8, 4) is 5.75 Å². The fourth-order valence-corrected chi connectivity index (χ4v) is 1.39. The average molecular weight is 323 g/mol. The third-order valence-corrected chi connectivity index (χ3v) is 2.14. The maximum atomic E-state index is 12.7. The van der Waals surface area contributed by atoms with Crippen molar-refractivity contribution in [1.29, 1.82) is 0 Å². The standard InChI is InChI=1S/C9H5ClF6N2O2/c10-7(19)4-1-3(2-17)18-6(8(11,12)13)5(4)20-9(14,15)16/h1H,2,17H2. The summed E-state index contributed by atoms with van der Waals surface area (Å²) in [5.41, 5.74) is 1.45. The molecule has 20 heavy (non-hydrogen) atoms. The predicted octanol–water partition coefficient (Wildman–Crippen LogP) is 2.84. The molecule has 0 fully saturated rings. The molecule has 1 aromatic heterocycles. The molecule has 2 N–H and O–H groups in total. The van der Waals surface area contributed by atoms with Gasteiger partial charge in [-0.25, -0.2) is 4.98 Å². The van der Waals surface area contributed by atoms with Crippen LogP contribution in [0.1, 0.15) is 21.7 Å². The van der Waals surface area contributed by atoms with E-state index in [0.717, 1.165) is 0 Å². The molecule has 0 aliphatic heterocycles. The Kier molecular flexibility index (Phi) is 4.49. The molecule has 0 aliphatic rings. The van der Waals surface area contributed by atoms with Crippen molar-refractivity contribution in [1.82, 2.24) is 4.98 Å². The Hall–Kier alpha value is -1.55. The molecule has 0 aromatic carbocycles. The van der Waals surface area contributed by atoms with Gasteiger partial charge in [-0.15, -0.1) is 13.2 Å². The molecule has 0 saturated carbocycles. The summed E-state index contributed by atoms with van der Waals surface area (Å²) in [4.78, 5) is 13.9. The quantitative estimate of drug-likeness (QED) is 0.686. The van der Waals surface area contributed by atoms with E-state index in [4.69, 9.17) is 17.3 Å². The van der Waals surface area contributed by atoms with Crippen LogP contribution in [0.4, 0.5) is 26.3 Å². The minimum absolute atomic E-state index is 0.462. The molecule has 0 atom stereocenters. The van der Waals surface area contributed by atoms with Gasteiger partial charge in [0, 0.05) is 6.54 Å². The van der Waals surface area contributed by atoms with Gasteiger partial charge < -0.3 is 10.5 Å². The summed E-state index contributed by atoms with van der Waals surface area (Å²) in [6.45, 7) is -0.535. The topological polar surface area (TPSA) is 65.2 Å². The third kappa shape index (κ3) is 3.97. The van der Waals surface area contributed by atoms with Crippen LogP contribution in [0.3, 0.4) is 0 Å². The molecule has 1 heterocycles. The van der Waals surface area contributed by atoms with Gasteiger partial charge in [0.2, 0.25) is 0 Å². The highest BCUT2D eigenvalue weighted by atomic mass is 35.5. The minimum atomic E-state index is -5.45. The van der Waals surface area contributed by atoms with Crippen LogP contribution in [0.5, 0.6) is 5.75 Å². The number of nitrogens with two attached hydrogens (primary N) is 1. The van der Waals surface area contributed by atoms with Crippen molar-refractivity contribution in [2.45, 2.75) is 19.1 Å². The van der Waals surface area contributed by atoms with Crippen LogP contribution >= 0.6 is 11.6 Å². The molecule has 0 amide bonds. The van der Waals surface area contributed by atoms with Crippen molar-refractivity contribution in [2.24, 2.45) is 5.73 Å². The molecule has 1 rings (SSSR count). The molecular formula is C9H5ClF6N2O2. The van der Waals surface area contributed by atoms with Gasteiger partial charge in [-0.1, -0.05) is 0 Å². The van der Waals surface area contributed by atoms with Crippen molar-refractivity contribution in [2.75, 3.05) is 0 Å². The number of carbonyl (C=O) groups excluding carboxylic acids is 1. The van der Waals surface area contributed by atoms with Gasteiger partial charge in [-0.3, -0.25) is 4.79 Å². The van der Waals surface area contributed by atoms with Gasteiger partial charge in [-0.2, -0.15) is 13.2 Å². The van der Waals surface area contributed by atoms with E-state index in [2.05, 4.69) is 9.72 Å². The smallest absolute Gasteiger partial charge is 0.403 e. The second-order valence-electron chi connectivity index (χ2n) is 3.36. The number of hydrogen-bond acceptors (Lipinski definition) is 4. The number of hydrogen-bond donors (Lipinski definition) is 1. The molecule has 0 unspecified atom stereocenters. The highest BCUT2D eigenvalue weighted by Gasteiger charge is 2.43. The van der Waals surface area contributed by atoms with E-state index in [9.17, 15) is 31.1 Å². The van der Waals surface area contributed by atoms with Crippen molar-refractivity contribution < 1.29 is 35.9 Å². The van der Waals surface area contributed by atoms with Crippen molar-refractivity contribution in [3.05, 3.63) is 23.0 Å². The number of aromatic nitrogens is 1. The Morgan fingerprint density at radius 3 is 2.20 bits per heavy atom. The number of rotatable bonds is 3. The molecule has 0 saturated heterocycles. The first-order chi connectivity index (χ1) is 8.95. The SMILES string of the molecule is NCc1cc(C(=O)Cl)c(OC(F)(F)F)c(C(F)(F)F)n1. The maximum absolute atomic E-state index is 12.7. The van der Waals surface area contributed by atoms with Crippen LogP contribution < -0.4 is 10.5 Å². The molecule has 0 aliphatic carbocycles. The summed E-state index contributed by atoms with van der Waals surface area (Å²) in [5.74, 6) is -1.80. The lowest BCUT2D eigenvalue weighted by Gasteiger charge is -2.17. The first-order valence-corrected chi connectivity index (χ1v) is 5.10. The zero-order valence-corrected chi connectivity index (χ0v) is 10.0. The first kappa shape index (κ1) is 16.5. The van der Waals surface area contributed by atoms with E-state index in [0.29, 0.717) is 6.07 Å². The van der Waals surface area contributed by atoms with Crippen LogP contribution in [-0.2, 0) is 12.7 Å². The summed E-state index contributed by atoms with van der Waals surface area (Å²) in [5, 5.41) is -1.56. The van der Waals surface area contributed by atoms with Gasteiger partial charge >= 0.3 is 12.5 Å². The third-order valence-electron chi connectivity index (χ3n) is 1.93. The summed E-state index contributed by atoms with van der Waals surface area (Å²) in [7, 11) is 0. The van der Waals surface area contributed by atoms with E-state index < -0.39 is 47.0 Å². The maximum Gasteiger partial charge on any atom is 0.573 e. The Bertz CT molecular complexity index is 528. The normalized spacial score (nSPS) is 12.4. The van der Waals surface area contributed by atoms with Gasteiger partial charge in [0.15, 0.2) is 11.4 Å². The second-order valence-corrected chi connectivity index (χ2v) is 3.71. The summed E-state index contributed by atoms with van der Waals surface area (Å²) in [6, 6.07) is 0.603. The molecule has 4 nitrogen and oxygen atoms in total. The summed E-state index contributed by atoms with van der Waals surface area (Å²) < 4.78 is 77.7. The van der Waals surface area contributed by atoms with Crippen LogP contribution in [-0.4, -0.2) is 16.6 Å². The number of carbonyl (C=O) groups is 1. The molecule has 1 aromatic rings. The Balaban J connectivity index is 3.61. The van der Waals surface area contributed by atoms with Gasteiger partial charge in [0.1, 0.15) is 0 Å². The Morgan fingerprint density at radius 1 is 1.30 bits per heavy atom. The van der Waals surface area contributed by atoms with Gasteiger partial charge in [0.05, 0.1) is 11.3 Å². The van der Waals surface area contributed by atoms with Crippen LogP contribution in [0.25, 0.3) is 0 Å². The van der Waals surface area contributed by atoms with Crippen molar-refractivity contribution >= 4 is 16.8 Å². The molecule has 0 bridgehead atoms. The number of alkyl halides is 6. The zero-order valence-electron chi connectivity index (χ0n) is 9.27. The Labute approximate surface area is 112 Å². The monoisotopic (exact) mass is 322 g/mol. The van der Waals surface area contributed by atoms with E-state index >= 15 is 0 Å². The number of pyridine rings is 1. The largest absolute Gasteiger partial charge is 0.573 e. The lowest BCUT2D eigenvalue weighted by atomic mass is 10.1. The minimum Gasteiger partial charge on any atom is -0.403 e. The van der Waals surface area contributed by atoms with E-state index in [1.807, 2.05) is 0 Å². The Morgan fingerprint density at radius 2 is 1.85 bits per heavy atom. The molecule has 112 valence electrons. The second kappa shape index (κ2) is 5.44. The first-order valence-electron chi connectivity index (χ1n) is 4.72. The fourth-order valence-electron chi connectivity index (χ4n) is 1.25. The van der Waals surface area contributed by atoms with Crippen LogP contribution in [0.15, 0.2) is 6.07 Å². The highest BCUT2D eigenvalue weighted by molar-refractivity contribution is 6.68. The summed E-state index contributed by atoms with van der Waals surface area (Å²) >= 11 is 4.97. The van der Waals surface area contributed by atoms with Gasteiger partial charge in [-0.05, 0) is 17.7 Å². The van der Waals surface area contributed by atoms with Crippen molar-refractivity contribution in [3.63, 3.8) is 0 Å². The number of nitrogens with zero attached hydrogens (tertiary/aromatic N) is 1. The highest BCUT2D eigenvalue weighted by Crippen LogP contribution is 2.40. The van der Waals surface area contributed by atoms with E-state index in [1.165, 1.54) is 0 Å². The summed E-state index contributed by atoms with van der Waals surface area (Å²) in [6.07, 6.45) is -10.7. The van der Waals surface area contributed by atoms with Crippen LogP contribution in [0.2, 0.25) is 0 Å². The molecule has 0 radical (unpaired) electrons. The average Bonchev–Trinajstić information content (AvgIpc) is 2.25. The predicted molar refractivity (Wildman–Crippen MR) is 54.0 cm³/mol. The lowest BCUT2D eigenvalue weighted by Crippen LogP contribution is -2.23. The number of ether oxygens (including phenoxy) is 1. The van der Waals surface area contributed by atoms with Gasteiger partial charge in [0.25, 0.3) is 5.24 Å². The molecular weight excluding hydrogens is 318 g/mol. The van der Waals surface area contributed by atoms with E-state index in [-0.39, 0.29) is 0 Å². The molecule has 11 heteroatoms. The zero-order chi connectivity index (χ0) is 15.7.